The summed E-state index contributed by atoms with van der Waals surface area (Å²) in [5, 5.41) is 4.54. The standard InChI is InChI=1S/C17H22N2S/c1-16(2,3)19-15-18-14-11-8-6-7-9-12(11)17(4,5)10-13(14)20-15/h6-9H,10H2,1-5H3,(H,18,19). The quantitative estimate of drug-likeness (QED) is 0.810. The van der Waals surface area contributed by atoms with Gasteiger partial charge in [-0.3, -0.25) is 0 Å². The molecule has 2 aromatic rings. The fourth-order valence-electron chi connectivity index (χ4n) is 2.83. The summed E-state index contributed by atoms with van der Waals surface area (Å²) in [6, 6.07) is 8.69. The van der Waals surface area contributed by atoms with Crippen molar-refractivity contribution in [2.75, 3.05) is 5.32 Å². The summed E-state index contributed by atoms with van der Waals surface area (Å²) in [5.74, 6) is 0. The Bertz CT molecular complexity index is 647. The predicted molar refractivity (Wildman–Crippen MR) is 87.7 cm³/mol. The lowest BCUT2D eigenvalue weighted by Crippen LogP contribution is -2.25. The molecule has 0 saturated heterocycles. The van der Waals surface area contributed by atoms with Gasteiger partial charge in [0.25, 0.3) is 0 Å². The third-order valence-corrected chi connectivity index (χ3v) is 4.66. The number of thiazole rings is 1. The first-order chi connectivity index (χ1) is 9.26. The number of anilines is 1. The minimum atomic E-state index is 0.0511. The molecule has 0 unspecified atom stereocenters. The molecule has 1 aliphatic carbocycles. The van der Waals surface area contributed by atoms with E-state index in [1.807, 2.05) is 0 Å². The van der Waals surface area contributed by atoms with E-state index in [2.05, 4.69) is 64.2 Å². The molecule has 20 heavy (non-hydrogen) atoms. The molecule has 1 aliphatic rings. The summed E-state index contributed by atoms with van der Waals surface area (Å²) in [7, 11) is 0. The van der Waals surface area contributed by atoms with E-state index in [1.54, 1.807) is 11.3 Å². The van der Waals surface area contributed by atoms with Crippen LogP contribution in [0.4, 0.5) is 5.13 Å². The van der Waals surface area contributed by atoms with Crippen LogP contribution in [0.25, 0.3) is 11.3 Å². The van der Waals surface area contributed by atoms with Gasteiger partial charge in [0.05, 0.1) is 5.69 Å². The average molecular weight is 286 g/mol. The van der Waals surface area contributed by atoms with Crippen LogP contribution < -0.4 is 5.32 Å². The van der Waals surface area contributed by atoms with Gasteiger partial charge in [0, 0.05) is 16.0 Å². The predicted octanol–water partition coefficient (Wildman–Crippen LogP) is 4.85. The molecule has 0 atom stereocenters. The molecule has 1 N–H and O–H groups in total. The van der Waals surface area contributed by atoms with Crippen LogP contribution in [0.15, 0.2) is 24.3 Å². The summed E-state index contributed by atoms with van der Waals surface area (Å²) in [6.07, 6.45) is 1.07. The van der Waals surface area contributed by atoms with Crippen LogP contribution in [0.3, 0.4) is 0 Å². The van der Waals surface area contributed by atoms with Gasteiger partial charge in [-0.2, -0.15) is 0 Å². The molecule has 0 spiro atoms. The summed E-state index contributed by atoms with van der Waals surface area (Å²) in [4.78, 5) is 6.25. The maximum absolute atomic E-state index is 4.85. The summed E-state index contributed by atoms with van der Waals surface area (Å²) < 4.78 is 0. The van der Waals surface area contributed by atoms with Crippen molar-refractivity contribution in [1.82, 2.24) is 4.98 Å². The Morgan fingerprint density at radius 2 is 1.90 bits per heavy atom. The van der Waals surface area contributed by atoms with Crippen LogP contribution in [0.1, 0.15) is 45.1 Å². The molecule has 2 nitrogen and oxygen atoms in total. The zero-order valence-electron chi connectivity index (χ0n) is 12.9. The van der Waals surface area contributed by atoms with E-state index in [0.29, 0.717) is 0 Å². The van der Waals surface area contributed by atoms with Crippen molar-refractivity contribution in [2.24, 2.45) is 0 Å². The van der Waals surface area contributed by atoms with Crippen molar-refractivity contribution in [1.29, 1.82) is 0 Å². The van der Waals surface area contributed by atoms with Crippen LogP contribution in [-0.2, 0) is 11.8 Å². The first-order valence-electron chi connectivity index (χ1n) is 7.14. The fraction of sp³-hybridized carbons (Fsp3) is 0.471. The van der Waals surface area contributed by atoms with Gasteiger partial charge in [-0.1, -0.05) is 38.1 Å². The Balaban J connectivity index is 2.10. The van der Waals surface area contributed by atoms with Crippen LogP contribution in [0.2, 0.25) is 0 Å². The molecule has 0 fully saturated rings. The van der Waals surface area contributed by atoms with Crippen LogP contribution in [-0.4, -0.2) is 10.5 Å². The van der Waals surface area contributed by atoms with E-state index in [4.69, 9.17) is 4.98 Å². The summed E-state index contributed by atoms with van der Waals surface area (Å²) in [6.45, 7) is 11.2. The van der Waals surface area contributed by atoms with E-state index in [-0.39, 0.29) is 11.0 Å². The van der Waals surface area contributed by atoms with E-state index in [0.717, 1.165) is 11.6 Å². The van der Waals surface area contributed by atoms with Gasteiger partial charge in [0.1, 0.15) is 0 Å². The number of nitrogens with zero attached hydrogens (tertiary/aromatic N) is 1. The van der Waals surface area contributed by atoms with Gasteiger partial charge in [0.2, 0.25) is 0 Å². The first-order valence-corrected chi connectivity index (χ1v) is 7.96. The highest BCUT2D eigenvalue weighted by molar-refractivity contribution is 7.16. The van der Waals surface area contributed by atoms with Crippen LogP contribution in [0, 0.1) is 0 Å². The summed E-state index contributed by atoms with van der Waals surface area (Å²) >= 11 is 1.81. The molecule has 106 valence electrons. The SMILES string of the molecule is CC(C)(C)Nc1nc2c(s1)CC(C)(C)c1ccccc1-2. The molecule has 1 aromatic carbocycles. The number of rotatable bonds is 1. The van der Waals surface area contributed by atoms with E-state index in [1.165, 1.54) is 21.7 Å². The molecular formula is C17H22N2S. The van der Waals surface area contributed by atoms with Crippen LogP contribution in [0.5, 0.6) is 0 Å². The van der Waals surface area contributed by atoms with Gasteiger partial charge < -0.3 is 5.32 Å². The fourth-order valence-corrected chi connectivity index (χ4v) is 4.25. The van der Waals surface area contributed by atoms with Crippen molar-refractivity contribution in [3.8, 4) is 11.3 Å². The lowest BCUT2D eigenvalue weighted by atomic mass is 9.74. The molecule has 0 amide bonds. The highest BCUT2D eigenvalue weighted by Gasteiger charge is 2.33. The molecular weight excluding hydrogens is 264 g/mol. The third-order valence-electron chi connectivity index (χ3n) is 3.69. The Labute approximate surface area is 125 Å². The summed E-state index contributed by atoms with van der Waals surface area (Å²) in [5.41, 5.74) is 4.14. The second-order valence-electron chi connectivity index (χ2n) is 7.27. The molecule has 0 radical (unpaired) electrons. The highest BCUT2D eigenvalue weighted by Crippen LogP contribution is 2.45. The van der Waals surface area contributed by atoms with Crippen molar-refractivity contribution in [3.05, 3.63) is 34.7 Å². The lowest BCUT2D eigenvalue weighted by Gasteiger charge is -2.31. The zero-order valence-corrected chi connectivity index (χ0v) is 13.7. The van der Waals surface area contributed by atoms with Crippen molar-refractivity contribution >= 4 is 16.5 Å². The Morgan fingerprint density at radius 3 is 2.60 bits per heavy atom. The average Bonchev–Trinajstić information content (AvgIpc) is 2.68. The van der Waals surface area contributed by atoms with Gasteiger partial charge >= 0.3 is 0 Å². The molecule has 0 saturated carbocycles. The Morgan fingerprint density at radius 1 is 1.20 bits per heavy atom. The van der Waals surface area contributed by atoms with Gasteiger partial charge in [-0.15, -0.1) is 11.3 Å². The van der Waals surface area contributed by atoms with Gasteiger partial charge in [-0.25, -0.2) is 4.98 Å². The van der Waals surface area contributed by atoms with E-state index in [9.17, 15) is 0 Å². The molecule has 0 aliphatic heterocycles. The second kappa shape index (κ2) is 4.32. The minimum Gasteiger partial charge on any atom is -0.357 e. The Kier molecular flexibility index (Phi) is 2.94. The maximum Gasteiger partial charge on any atom is 0.183 e. The zero-order chi connectivity index (χ0) is 14.5. The number of aromatic nitrogens is 1. The van der Waals surface area contributed by atoms with Crippen molar-refractivity contribution in [3.63, 3.8) is 0 Å². The molecule has 1 heterocycles. The number of benzene rings is 1. The minimum absolute atomic E-state index is 0.0511. The van der Waals surface area contributed by atoms with Gasteiger partial charge in [0.15, 0.2) is 5.13 Å². The van der Waals surface area contributed by atoms with Crippen LogP contribution >= 0.6 is 11.3 Å². The molecule has 1 aromatic heterocycles. The topological polar surface area (TPSA) is 24.9 Å². The van der Waals surface area contributed by atoms with E-state index < -0.39 is 0 Å². The number of nitrogens with one attached hydrogen (secondary N) is 1. The lowest BCUT2D eigenvalue weighted by molar-refractivity contribution is 0.521. The number of fused-ring (bicyclic) bond motifs is 3. The highest BCUT2D eigenvalue weighted by atomic mass is 32.1. The third kappa shape index (κ3) is 2.35. The molecule has 0 bridgehead atoms. The monoisotopic (exact) mass is 286 g/mol. The second-order valence-corrected chi connectivity index (χ2v) is 8.36. The number of hydrogen-bond acceptors (Lipinski definition) is 3. The van der Waals surface area contributed by atoms with Crippen molar-refractivity contribution in [2.45, 2.75) is 52.0 Å². The first kappa shape index (κ1) is 13.6. The molecule has 3 heteroatoms. The largest absolute Gasteiger partial charge is 0.357 e. The Hall–Kier alpha value is -1.35. The van der Waals surface area contributed by atoms with Gasteiger partial charge in [-0.05, 0) is 38.2 Å². The van der Waals surface area contributed by atoms with Crippen molar-refractivity contribution < 1.29 is 0 Å². The maximum atomic E-state index is 4.85. The normalized spacial score (nSPS) is 16.4. The van der Waals surface area contributed by atoms with E-state index >= 15 is 0 Å². The number of hydrogen-bond donors (Lipinski definition) is 1. The molecule has 3 rings (SSSR count). The smallest absolute Gasteiger partial charge is 0.183 e.